The molecule has 6 heavy (non-hydrogen) atoms. The highest BCUT2D eigenvalue weighted by Gasteiger charge is 2.19. The zero-order chi connectivity index (χ0) is 4.57. The van der Waals surface area contributed by atoms with Crippen molar-refractivity contribution >= 4 is 0 Å². The Morgan fingerprint density at radius 1 is 1.50 bits per heavy atom. The lowest BCUT2D eigenvalue weighted by Crippen LogP contribution is -2.17. The smallest absolute Gasteiger partial charge is 0.0409 e. The minimum atomic E-state index is 0.792. The van der Waals surface area contributed by atoms with Crippen LogP contribution in [-0.2, 0) is 0 Å². The van der Waals surface area contributed by atoms with E-state index in [0.29, 0.717) is 0 Å². The molecule has 1 radical (unpaired) electrons. The first kappa shape index (κ1) is 4.17. The Balaban J connectivity index is 2.11. The van der Waals surface area contributed by atoms with Crippen LogP contribution in [0.15, 0.2) is 0 Å². The Bertz CT molecular complexity index is 36.0. The molecule has 0 amide bonds. The fraction of sp³-hybridized carbons (Fsp3) is 0.833. The van der Waals surface area contributed by atoms with Crippen LogP contribution in [0, 0.1) is 18.8 Å². The molecule has 0 N–H and O–H groups in total. The van der Waals surface area contributed by atoms with Crippen LogP contribution in [0.25, 0.3) is 0 Å². The maximum atomic E-state index is 3.89. The number of hydrogen-bond acceptors (Lipinski definition) is 0. The van der Waals surface area contributed by atoms with Crippen LogP contribution < -0.4 is 0 Å². The zero-order valence-electron chi connectivity index (χ0n) is 4.28. The Morgan fingerprint density at radius 2 is 2.00 bits per heavy atom. The highest BCUT2D eigenvalue weighted by atomic mass is 14.2. The molecule has 1 aliphatic rings. The van der Waals surface area contributed by atoms with E-state index in [2.05, 4.69) is 13.8 Å². The molecule has 1 fully saturated rings. The van der Waals surface area contributed by atoms with Crippen LogP contribution in [0.2, 0.25) is 0 Å². The lowest BCUT2D eigenvalue weighted by Gasteiger charge is -2.28. The average molecular weight is 83.2 g/mol. The second kappa shape index (κ2) is 1.25. The van der Waals surface area contributed by atoms with Crippen LogP contribution in [-0.4, -0.2) is 0 Å². The van der Waals surface area contributed by atoms with E-state index < -0.39 is 0 Å². The van der Waals surface area contributed by atoms with Gasteiger partial charge in [0.2, 0.25) is 0 Å². The summed E-state index contributed by atoms with van der Waals surface area (Å²) in [5, 5.41) is 0. The molecule has 35 valence electrons. The summed E-state index contributed by atoms with van der Waals surface area (Å²) < 4.78 is 0. The quantitative estimate of drug-likeness (QED) is 0.419. The van der Waals surface area contributed by atoms with Crippen molar-refractivity contribution in [1.82, 2.24) is 0 Å². The van der Waals surface area contributed by atoms with Gasteiger partial charge in [-0.1, -0.05) is 13.8 Å². The van der Waals surface area contributed by atoms with Gasteiger partial charge in [0.25, 0.3) is 0 Å². The maximum Gasteiger partial charge on any atom is -0.0409 e. The van der Waals surface area contributed by atoms with Crippen molar-refractivity contribution in [3.05, 3.63) is 6.92 Å². The zero-order valence-corrected chi connectivity index (χ0v) is 4.28. The van der Waals surface area contributed by atoms with Crippen LogP contribution >= 0.6 is 0 Å². The van der Waals surface area contributed by atoms with Gasteiger partial charge < -0.3 is 0 Å². The molecular weight excluding hydrogens is 72.1 g/mol. The van der Waals surface area contributed by atoms with Crippen molar-refractivity contribution in [2.75, 3.05) is 0 Å². The van der Waals surface area contributed by atoms with E-state index in [1.54, 1.807) is 0 Å². The summed E-state index contributed by atoms with van der Waals surface area (Å²) in [6.07, 6.45) is 2.72. The first-order chi connectivity index (χ1) is 2.79. The van der Waals surface area contributed by atoms with E-state index in [1.165, 1.54) is 12.8 Å². The molecule has 0 aliphatic heterocycles. The highest BCUT2D eigenvalue weighted by molar-refractivity contribution is 4.76. The van der Waals surface area contributed by atoms with Crippen molar-refractivity contribution in [2.45, 2.75) is 19.8 Å². The van der Waals surface area contributed by atoms with Crippen LogP contribution in [0.5, 0.6) is 0 Å². The summed E-state index contributed by atoms with van der Waals surface area (Å²) in [6, 6.07) is 0. The first-order valence-electron chi connectivity index (χ1n) is 2.62. The maximum absolute atomic E-state index is 3.89. The fourth-order valence-electron chi connectivity index (χ4n) is 1.07. The molecule has 0 aromatic carbocycles. The van der Waals surface area contributed by atoms with E-state index in [9.17, 15) is 0 Å². The van der Waals surface area contributed by atoms with Crippen molar-refractivity contribution in [2.24, 2.45) is 11.8 Å². The Labute approximate surface area is 39.6 Å². The minimum Gasteiger partial charge on any atom is -0.0625 e. The van der Waals surface area contributed by atoms with Crippen LogP contribution in [0.4, 0.5) is 0 Å². The van der Waals surface area contributed by atoms with Gasteiger partial charge in [0.15, 0.2) is 0 Å². The van der Waals surface area contributed by atoms with Gasteiger partial charge in [0.1, 0.15) is 0 Å². The summed E-state index contributed by atoms with van der Waals surface area (Å²) >= 11 is 0. The summed E-state index contributed by atoms with van der Waals surface area (Å²) in [4.78, 5) is 0. The van der Waals surface area contributed by atoms with Gasteiger partial charge in [-0.25, -0.2) is 0 Å². The van der Waals surface area contributed by atoms with Gasteiger partial charge >= 0.3 is 0 Å². The topological polar surface area (TPSA) is 0 Å². The van der Waals surface area contributed by atoms with Crippen molar-refractivity contribution in [3.63, 3.8) is 0 Å². The second-order valence-corrected chi connectivity index (χ2v) is 2.44. The number of hydrogen-bond donors (Lipinski definition) is 0. The molecular formula is C6H11. The average Bonchev–Trinajstić information content (AvgIpc) is 1.33. The molecule has 0 nitrogen and oxygen atoms in total. The molecule has 0 heteroatoms. The third kappa shape index (κ3) is 0.562. The van der Waals surface area contributed by atoms with Crippen LogP contribution in [0.1, 0.15) is 19.8 Å². The van der Waals surface area contributed by atoms with Gasteiger partial charge in [0.05, 0.1) is 0 Å². The van der Waals surface area contributed by atoms with E-state index in [4.69, 9.17) is 0 Å². The van der Waals surface area contributed by atoms with E-state index >= 15 is 0 Å². The largest absolute Gasteiger partial charge is 0.0625 e. The van der Waals surface area contributed by atoms with Gasteiger partial charge in [-0.05, 0) is 24.7 Å². The van der Waals surface area contributed by atoms with E-state index in [1.807, 2.05) is 0 Å². The van der Waals surface area contributed by atoms with Crippen molar-refractivity contribution in [3.8, 4) is 0 Å². The Kier molecular flexibility index (Phi) is 0.868. The summed E-state index contributed by atoms with van der Waals surface area (Å²) in [5.74, 6) is 1.77. The molecule has 0 saturated heterocycles. The molecule has 0 heterocycles. The predicted molar refractivity (Wildman–Crippen MR) is 27.2 cm³/mol. The monoisotopic (exact) mass is 83.1 g/mol. The van der Waals surface area contributed by atoms with Crippen LogP contribution in [0.3, 0.4) is 0 Å². The fourth-order valence-corrected chi connectivity index (χ4v) is 1.07. The molecule has 0 atom stereocenters. The van der Waals surface area contributed by atoms with E-state index in [-0.39, 0.29) is 0 Å². The van der Waals surface area contributed by atoms with Crippen molar-refractivity contribution in [1.29, 1.82) is 0 Å². The number of rotatable bonds is 0. The summed E-state index contributed by atoms with van der Waals surface area (Å²) in [7, 11) is 0. The molecule has 1 aliphatic carbocycles. The lowest BCUT2D eigenvalue weighted by atomic mass is 9.78. The van der Waals surface area contributed by atoms with E-state index in [0.717, 1.165) is 11.8 Å². The molecule has 0 aromatic rings. The molecule has 0 unspecified atom stereocenters. The molecule has 1 rings (SSSR count). The minimum absolute atomic E-state index is 0.792. The molecule has 0 aromatic heterocycles. The first-order valence-corrected chi connectivity index (χ1v) is 2.62. The molecule has 0 bridgehead atoms. The SMILES string of the molecule is [CH2]C1CC(C)C1. The third-order valence-corrected chi connectivity index (χ3v) is 1.47. The van der Waals surface area contributed by atoms with Gasteiger partial charge in [-0.2, -0.15) is 0 Å². The van der Waals surface area contributed by atoms with Gasteiger partial charge in [0, 0.05) is 0 Å². The second-order valence-electron chi connectivity index (χ2n) is 2.44. The van der Waals surface area contributed by atoms with Crippen molar-refractivity contribution < 1.29 is 0 Å². The lowest BCUT2D eigenvalue weighted by molar-refractivity contribution is 0.260. The normalized spacial score (nSPS) is 45.0. The van der Waals surface area contributed by atoms with Gasteiger partial charge in [-0.3, -0.25) is 0 Å². The Morgan fingerprint density at radius 3 is 2.00 bits per heavy atom. The standard InChI is InChI=1S/C6H11/c1-5-3-6(2)4-5/h5-6H,1,3-4H2,2H3. The summed E-state index contributed by atoms with van der Waals surface area (Å²) in [5.41, 5.74) is 0. The molecule has 0 spiro atoms. The third-order valence-electron chi connectivity index (χ3n) is 1.47. The highest BCUT2D eigenvalue weighted by Crippen LogP contribution is 2.31. The van der Waals surface area contributed by atoms with Gasteiger partial charge in [-0.15, -0.1) is 0 Å². The molecule has 1 saturated carbocycles. The predicted octanol–water partition coefficient (Wildman–Crippen LogP) is 1.87. The Hall–Kier alpha value is 0. The summed E-state index contributed by atoms with van der Waals surface area (Å²) in [6.45, 7) is 6.17.